The normalized spacial score (nSPS) is 10.0. The lowest BCUT2D eigenvalue weighted by Gasteiger charge is -2.04. The van der Waals surface area contributed by atoms with Gasteiger partial charge in [-0.1, -0.05) is 11.8 Å². The van der Waals surface area contributed by atoms with Crippen LogP contribution in [-0.2, 0) is 13.6 Å². The third-order valence-electron chi connectivity index (χ3n) is 2.51. The minimum atomic E-state index is -0.344. The Morgan fingerprint density at radius 2 is 2.11 bits per heavy atom. The maximum Gasteiger partial charge on any atom is 0.331 e. The summed E-state index contributed by atoms with van der Waals surface area (Å²) in [5, 5.41) is 8.61. The topological polar surface area (TPSA) is 64.2 Å². The SMILES string of the molecule is Cn1ccc(=O)n(Cc2ccc(C#CCO)s2)c1=O. The Hall–Kier alpha value is -2.10. The predicted molar refractivity (Wildman–Crippen MR) is 73.3 cm³/mol. The van der Waals surface area contributed by atoms with Crippen LogP contribution in [0.25, 0.3) is 0 Å². The first-order valence-electron chi connectivity index (χ1n) is 5.56. The summed E-state index contributed by atoms with van der Waals surface area (Å²) in [6.45, 7) is 0.0454. The van der Waals surface area contributed by atoms with Crippen LogP contribution in [0.15, 0.2) is 34.0 Å². The summed E-state index contributed by atoms with van der Waals surface area (Å²) in [6, 6.07) is 4.99. The third kappa shape index (κ3) is 3.02. The van der Waals surface area contributed by atoms with Crippen molar-refractivity contribution in [3.8, 4) is 11.8 Å². The summed E-state index contributed by atoms with van der Waals surface area (Å²) in [6.07, 6.45) is 1.45. The van der Waals surface area contributed by atoms with Crippen LogP contribution in [0.4, 0.5) is 0 Å². The molecule has 2 aromatic heterocycles. The molecule has 0 atom stereocenters. The molecule has 2 aromatic rings. The molecule has 0 amide bonds. The van der Waals surface area contributed by atoms with E-state index in [2.05, 4.69) is 11.8 Å². The first kappa shape index (κ1) is 13.3. The number of hydrogen-bond donors (Lipinski definition) is 1. The van der Waals surface area contributed by atoms with E-state index in [0.29, 0.717) is 0 Å². The van der Waals surface area contributed by atoms with E-state index < -0.39 is 0 Å². The van der Waals surface area contributed by atoms with Crippen LogP contribution >= 0.6 is 11.3 Å². The molecule has 0 saturated heterocycles. The minimum Gasteiger partial charge on any atom is -0.384 e. The Kier molecular flexibility index (Phi) is 4.00. The van der Waals surface area contributed by atoms with Crippen LogP contribution in [-0.4, -0.2) is 20.8 Å². The number of nitrogens with zero attached hydrogens (tertiary/aromatic N) is 2. The first-order chi connectivity index (χ1) is 9.11. The molecule has 0 saturated carbocycles. The predicted octanol–water partition coefficient (Wildman–Crippen LogP) is 0.000600. The number of rotatable bonds is 2. The van der Waals surface area contributed by atoms with Crippen LogP contribution in [0.1, 0.15) is 9.75 Å². The lowest BCUT2D eigenvalue weighted by atomic mass is 10.4. The molecule has 1 N–H and O–H groups in total. The van der Waals surface area contributed by atoms with Crippen molar-refractivity contribution >= 4 is 11.3 Å². The van der Waals surface area contributed by atoms with Crippen molar-refractivity contribution in [2.24, 2.45) is 7.05 Å². The van der Waals surface area contributed by atoms with Crippen molar-refractivity contribution in [1.82, 2.24) is 9.13 Å². The van der Waals surface area contributed by atoms with Crippen LogP contribution < -0.4 is 11.2 Å². The van der Waals surface area contributed by atoms with Crippen molar-refractivity contribution in [2.45, 2.75) is 6.54 Å². The number of aromatic nitrogens is 2. The largest absolute Gasteiger partial charge is 0.384 e. The van der Waals surface area contributed by atoms with Gasteiger partial charge in [-0.05, 0) is 12.1 Å². The van der Waals surface area contributed by atoms with Gasteiger partial charge in [-0.2, -0.15) is 0 Å². The number of thiophene rings is 1. The highest BCUT2D eigenvalue weighted by Gasteiger charge is 2.05. The second kappa shape index (κ2) is 5.69. The van der Waals surface area contributed by atoms with Gasteiger partial charge in [0.1, 0.15) is 6.61 Å². The Balaban J connectivity index is 2.32. The van der Waals surface area contributed by atoms with E-state index in [4.69, 9.17) is 5.11 Å². The Morgan fingerprint density at radius 3 is 2.84 bits per heavy atom. The smallest absolute Gasteiger partial charge is 0.331 e. The zero-order valence-electron chi connectivity index (χ0n) is 10.3. The molecule has 98 valence electrons. The van der Waals surface area contributed by atoms with Gasteiger partial charge >= 0.3 is 5.69 Å². The van der Waals surface area contributed by atoms with E-state index in [1.54, 1.807) is 13.1 Å². The van der Waals surface area contributed by atoms with Gasteiger partial charge in [-0.3, -0.25) is 9.36 Å². The highest BCUT2D eigenvalue weighted by molar-refractivity contribution is 7.12. The molecule has 0 bridgehead atoms. The van der Waals surface area contributed by atoms with Crippen LogP contribution in [0, 0.1) is 11.8 Å². The summed E-state index contributed by atoms with van der Waals surface area (Å²) in [5.74, 6) is 5.34. The summed E-state index contributed by atoms with van der Waals surface area (Å²) in [4.78, 5) is 25.2. The molecule has 0 radical (unpaired) electrons. The molecule has 19 heavy (non-hydrogen) atoms. The molecule has 0 aliphatic carbocycles. The average molecular weight is 276 g/mol. The number of hydrogen-bond acceptors (Lipinski definition) is 4. The molecule has 2 heterocycles. The first-order valence-corrected chi connectivity index (χ1v) is 6.38. The van der Waals surface area contributed by atoms with E-state index in [1.807, 2.05) is 6.07 Å². The number of aliphatic hydroxyl groups is 1. The van der Waals surface area contributed by atoms with Gasteiger partial charge in [0, 0.05) is 24.2 Å². The molecule has 0 aliphatic rings. The van der Waals surface area contributed by atoms with E-state index in [9.17, 15) is 9.59 Å². The highest BCUT2D eigenvalue weighted by Crippen LogP contribution is 2.15. The van der Waals surface area contributed by atoms with Crippen LogP contribution in [0.5, 0.6) is 0 Å². The second-order valence-corrected chi connectivity index (χ2v) is 5.03. The molecular weight excluding hydrogens is 264 g/mol. The summed E-state index contributed by atoms with van der Waals surface area (Å²) in [5.41, 5.74) is -0.664. The van der Waals surface area contributed by atoms with Gasteiger partial charge in [0.25, 0.3) is 5.56 Å². The fourth-order valence-corrected chi connectivity index (χ4v) is 2.44. The van der Waals surface area contributed by atoms with E-state index in [-0.39, 0.29) is 24.4 Å². The fraction of sp³-hybridized carbons (Fsp3) is 0.231. The van der Waals surface area contributed by atoms with Crippen molar-refractivity contribution < 1.29 is 5.11 Å². The molecule has 0 aromatic carbocycles. The molecule has 6 heteroatoms. The van der Waals surface area contributed by atoms with Crippen molar-refractivity contribution in [2.75, 3.05) is 6.61 Å². The molecule has 0 aliphatic heterocycles. The summed E-state index contributed by atoms with van der Waals surface area (Å²) >= 11 is 1.40. The van der Waals surface area contributed by atoms with E-state index in [0.717, 1.165) is 9.75 Å². The highest BCUT2D eigenvalue weighted by atomic mass is 32.1. The Labute approximate surface area is 113 Å². The third-order valence-corrected chi connectivity index (χ3v) is 3.49. The van der Waals surface area contributed by atoms with Gasteiger partial charge in [0.15, 0.2) is 0 Å². The average Bonchev–Trinajstić information content (AvgIpc) is 2.84. The van der Waals surface area contributed by atoms with Gasteiger partial charge in [-0.15, -0.1) is 11.3 Å². The van der Waals surface area contributed by atoms with E-state index in [1.165, 1.54) is 32.7 Å². The lowest BCUT2D eigenvalue weighted by molar-refractivity contribution is 0.350. The van der Waals surface area contributed by atoms with Gasteiger partial charge in [-0.25, -0.2) is 4.79 Å². The maximum absolute atomic E-state index is 11.8. The zero-order valence-corrected chi connectivity index (χ0v) is 11.1. The molecule has 2 rings (SSSR count). The molecule has 0 spiro atoms. The maximum atomic E-state index is 11.8. The Morgan fingerprint density at radius 1 is 1.32 bits per heavy atom. The monoisotopic (exact) mass is 276 g/mol. The van der Waals surface area contributed by atoms with Crippen LogP contribution in [0.3, 0.4) is 0 Å². The number of aliphatic hydroxyl groups excluding tert-OH is 1. The number of aryl methyl sites for hydroxylation is 1. The molecule has 5 nitrogen and oxygen atoms in total. The standard InChI is InChI=1S/C13H12N2O3S/c1-14-7-6-12(17)15(13(14)18)9-11-5-4-10(19-11)3-2-8-16/h4-7,16H,8-9H2,1H3. The Bertz CT molecular complexity index is 758. The molecular formula is C13H12N2O3S. The molecule has 0 unspecified atom stereocenters. The fourth-order valence-electron chi connectivity index (χ4n) is 1.57. The van der Waals surface area contributed by atoms with E-state index >= 15 is 0 Å². The van der Waals surface area contributed by atoms with Gasteiger partial charge in [0.2, 0.25) is 0 Å². The van der Waals surface area contributed by atoms with Crippen LogP contribution in [0.2, 0.25) is 0 Å². The minimum absolute atomic E-state index is 0.189. The van der Waals surface area contributed by atoms with Gasteiger partial charge < -0.3 is 9.67 Å². The van der Waals surface area contributed by atoms with Gasteiger partial charge in [0.05, 0.1) is 11.4 Å². The summed E-state index contributed by atoms with van der Waals surface area (Å²) < 4.78 is 2.54. The molecule has 0 fully saturated rings. The quantitative estimate of drug-likeness (QED) is 0.785. The van der Waals surface area contributed by atoms with Crippen molar-refractivity contribution in [1.29, 1.82) is 0 Å². The second-order valence-electron chi connectivity index (χ2n) is 3.86. The summed E-state index contributed by atoms with van der Waals surface area (Å²) in [7, 11) is 1.60. The lowest BCUT2D eigenvalue weighted by Crippen LogP contribution is -2.37. The van der Waals surface area contributed by atoms with Crippen molar-refractivity contribution in [3.63, 3.8) is 0 Å². The van der Waals surface area contributed by atoms with Crippen molar-refractivity contribution in [3.05, 3.63) is 55.0 Å². The zero-order chi connectivity index (χ0) is 13.8.